The van der Waals surface area contributed by atoms with Crippen LogP contribution in [0.3, 0.4) is 0 Å². The van der Waals surface area contributed by atoms with Crippen LogP contribution >= 0.6 is 0 Å². The van der Waals surface area contributed by atoms with E-state index in [2.05, 4.69) is 38.1 Å². The second-order valence-electron chi connectivity index (χ2n) is 5.57. The molecule has 0 N–H and O–H groups in total. The zero-order valence-electron chi connectivity index (χ0n) is 13.6. The third-order valence-electron chi connectivity index (χ3n) is 3.77. The Labute approximate surface area is 133 Å². The molecule has 0 heterocycles. The lowest BCUT2D eigenvalue weighted by Crippen LogP contribution is -2.31. The predicted molar refractivity (Wildman–Crippen MR) is 94.0 cm³/mol. The van der Waals surface area contributed by atoms with Crippen molar-refractivity contribution in [2.75, 3.05) is 11.4 Å². The Hall–Kier alpha value is -2.09. The van der Waals surface area contributed by atoms with Gasteiger partial charge in [0, 0.05) is 18.7 Å². The van der Waals surface area contributed by atoms with Crippen molar-refractivity contribution in [2.45, 2.75) is 39.5 Å². The summed E-state index contributed by atoms with van der Waals surface area (Å²) < 4.78 is 0. The summed E-state index contributed by atoms with van der Waals surface area (Å²) in [4.78, 5) is 14.4. The van der Waals surface area contributed by atoms with Crippen LogP contribution in [0.15, 0.2) is 54.6 Å². The van der Waals surface area contributed by atoms with E-state index < -0.39 is 0 Å². The lowest BCUT2D eigenvalue weighted by Gasteiger charge is -2.23. The summed E-state index contributed by atoms with van der Waals surface area (Å²) in [5, 5.41) is 0. The van der Waals surface area contributed by atoms with Gasteiger partial charge in [-0.2, -0.15) is 0 Å². The van der Waals surface area contributed by atoms with Crippen LogP contribution in [0, 0.1) is 0 Å². The standard InChI is InChI=1S/C20H25NO/c1-3-5-15-21(20(22)10-4-2)19-14-9-13-18(16-19)17-11-7-6-8-12-17/h6-9,11-14,16H,3-5,10,15H2,1-2H3. The van der Waals surface area contributed by atoms with Crippen LogP contribution in [-0.2, 0) is 4.79 Å². The Kier molecular flexibility index (Phi) is 6.20. The summed E-state index contributed by atoms with van der Waals surface area (Å²) >= 11 is 0. The Balaban J connectivity index is 2.29. The molecule has 0 aliphatic rings. The van der Waals surface area contributed by atoms with Crippen LogP contribution in [-0.4, -0.2) is 12.5 Å². The molecule has 2 rings (SSSR count). The summed E-state index contributed by atoms with van der Waals surface area (Å²) in [6.07, 6.45) is 3.62. The lowest BCUT2D eigenvalue weighted by molar-refractivity contribution is -0.118. The van der Waals surface area contributed by atoms with Gasteiger partial charge in [-0.25, -0.2) is 0 Å². The van der Waals surface area contributed by atoms with Gasteiger partial charge in [-0.1, -0.05) is 62.7 Å². The van der Waals surface area contributed by atoms with E-state index in [0.29, 0.717) is 6.42 Å². The molecular weight excluding hydrogens is 270 g/mol. The van der Waals surface area contributed by atoms with Crippen molar-refractivity contribution in [1.82, 2.24) is 0 Å². The number of carbonyl (C=O) groups excluding carboxylic acids is 1. The largest absolute Gasteiger partial charge is 0.312 e. The van der Waals surface area contributed by atoms with Crippen LogP contribution in [0.1, 0.15) is 39.5 Å². The van der Waals surface area contributed by atoms with Crippen LogP contribution in [0.5, 0.6) is 0 Å². The molecule has 0 fully saturated rings. The smallest absolute Gasteiger partial charge is 0.226 e. The van der Waals surface area contributed by atoms with Gasteiger partial charge in [0.1, 0.15) is 0 Å². The molecule has 2 nitrogen and oxygen atoms in total. The quantitative estimate of drug-likeness (QED) is 0.680. The van der Waals surface area contributed by atoms with E-state index in [1.54, 1.807) is 0 Å². The maximum atomic E-state index is 12.4. The molecule has 0 bridgehead atoms. The van der Waals surface area contributed by atoms with Crippen LogP contribution in [0.4, 0.5) is 5.69 Å². The van der Waals surface area contributed by atoms with E-state index in [1.165, 1.54) is 5.56 Å². The first-order valence-electron chi connectivity index (χ1n) is 8.22. The number of hydrogen-bond acceptors (Lipinski definition) is 1. The second kappa shape index (κ2) is 8.38. The number of amides is 1. The van der Waals surface area contributed by atoms with Gasteiger partial charge in [0.2, 0.25) is 5.91 Å². The van der Waals surface area contributed by atoms with Gasteiger partial charge < -0.3 is 4.90 Å². The van der Waals surface area contributed by atoms with Gasteiger partial charge in [-0.05, 0) is 36.1 Å². The van der Waals surface area contributed by atoms with Gasteiger partial charge in [0.05, 0.1) is 0 Å². The molecule has 0 saturated heterocycles. The fourth-order valence-corrected chi connectivity index (χ4v) is 2.55. The van der Waals surface area contributed by atoms with E-state index in [-0.39, 0.29) is 5.91 Å². The molecule has 2 aromatic rings. The first-order chi connectivity index (χ1) is 10.8. The fourth-order valence-electron chi connectivity index (χ4n) is 2.55. The van der Waals surface area contributed by atoms with Crippen molar-refractivity contribution in [2.24, 2.45) is 0 Å². The maximum Gasteiger partial charge on any atom is 0.226 e. The van der Waals surface area contributed by atoms with Crippen molar-refractivity contribution in [3.8, 4) is 11.1 Å². The third-order valence-corrected chi connectivity index (χ3v) is 3.77. The minimum atomic E-state index is 0.223. The third kappa shape index (κ3) is 4.20. The molecule has 1 amide bonds. The fraction of sp³-hybridized carbons (Fsp3) is 0.350. The number of hydrogen-bond donors (Lipinski definition) is 0. The molecule has 0 aliphatic heterocycles. The number of anilines is 1. The molecule has 2 heteroatoms. The van der Waals surface area contributed by atoms with Crippen molar-refractivity contribution in [3.63, 3.8) is 0 Å². The highest BCUT2D eigenvalue weighted by Crippen LogP contribution is 2.25. The molecule has 0 saturated carbocycles. The average molecular weight is 295 g/mol. The van der Waals surface area contributed by atoms with Gasteiger partial charge >= 0.3 is 0 Å². The SMILES string of the molecule is CCCCN(C(=O)CCC)c1cccc(-c2ccccc2)c1. The Bertz CT molecular complexity index is 592. The zero-order chi connectivity index (χ0) is 15.8. The van der Waals surface area contributed by atoms with Crippen molar-refractivity contribution in [3.05, 3.63) is 54.6 Å². The second-order valence-corrected chi connectivity index (χ2v) is 5.57. The molecule has 116 valence electrons. The monoisotopic (exact) mass is 295 g/mol. The van der Waals surface area contributed by atoms with Crippen molar-refractivity contribution in [1.29, 1.82) is 0 Å². The summed E-state index contributed by atoms with van der Waals surface area (Å²) in [6.45, 7) is 5.01. The molecule has 2 aromatic carbocycles. The number of carbonyl (C=O) groups is 1. The van der Waals surface area contributed by atoms with Crippen LogP contribution < -0.4 is 4.90 Å². The summed E-state index contributed by atoms with van der Waals surface area (Å²) in [5.74, 6) is 0.223. The Morgan fingerprint density at radius 3 is 2.32 bits per heavy atom. The highest BCUT2D eigenvalue weighted by atomic mass is 16.2. The molecule has 0 aliphatic carbocycles. The van der Waals surface area contributed by atoms with E-state index >= 15 is 0 Å². The minimum Gasteiger partial charge on any atom is -0.312 e. The van der Waals surface area contributed by atoms with Gasteiger partial charge in [0.15, 0.2) is 0 Å². The molecule has 0 radical (unpaired) electrons. The predicted octanol–water partition coefficient (Wildman–Crippen LogP) is 5.29. The molecule has 0 spiro atoms. The topological polar surface area (TPSA) is 20.3 Å². The maximum absolute atomic E-state index is 12.4. The lowest BCUT2D eigenvalue weighted by atomic mass is 10.0. The van der Waals surface area contributed by atoms with E-state index in [9.17, 15) is 4.79 Å². The molecule has 22 heavy (non-hydrogen) atoms. The van der Waals surface area contributed by atoms with Crippen molar-refractivity contribution < 1.29 is 4.79 Å². The van der Waals surface area contributed by atoms with Crippen LogP contribution in [0.2, 0.25) is 0 Å². The molecule has 0 aromatic heterocycles. The van der Waals surface area contributed by atoms with E-state index in [4.69, 9.17) is 0 Å². The van der Waals surface area contributed by atoms with Crippen LogP contribution in [0.25, 0.3) is 11.1 Å². The average Bonchev–Trinajstić information content (AvgIpc) is 2.57. The van der Waals surface area contributed by atoms with Gasteiger partial charge in [-0.15, -0.1) is 0 Å². The summed E-state index contributed by atoms with van der Waals surface area (Å²) in [5.41, 5.74) is 3.35. The summed E-state index contributed by atoms with van der Waals surface area (Å²) in [6, 6.07) is 18.6. The Morgan fingerprint density at radius 2 is 1.64 bits per heavy atom. The summed E-state index contributed by atoms with van der Waals surface area (Å²) in [7, 11) is 0. The normalized spacial score (nSPS) is 10.5. The van der Waals surface area contributed by atoms with Crippen molar-refractivity contribution >= 4 is 11.6 Å². The number of unbranched alkanes of at least 4 members (excludes halogenated alkanes) is 1. The number of nitrogens with zero attached hydrogens (tertiary/aromatic N) is 1. The van der Waals surface area contributed by atoms with E-state index in [0.717, 1.165) is 37.1 Å². The first-order valence-corrected chi connectivity index (χ1v) is 8.22. The Morgan fingerprint density at radius 1 is 0.909 bits per heavy atom. The molecular formula is C20H25NO. The molecule has 0 unspecified atom stereocenters. The highest BCUT2D eigenvalue weighted by Gasteiger charge is 2.14. The zero-order valence-corrected chi connectivity index (χ0v) is 13.6. The van der Waals surface area contributed by atoms with E-state index in [1.807, 2.05) is 35.2 Å². The number of rotatable bonds is 7. The number of benzene rings is 2. The van der Waals surface area contributed by atoms with Gasteiger partial charge in [0.25, 0.3) is 0 Å². The highest BCUT2D eigenvalue weighted by molar-refractivity contribution is 5.94. The minimum absolute atomic E-state index is 0.223. The molecule has 0 atom stereocenters. The van der Waals surface area contributed by atoms with Gasteiger partial charge in [-0.3, -0.25) is 4.79 Å². The first kappa shape index (κ1) is 16.3.